The van der Waals surface area contributed by atoms with Crippen LogP contribution in [-0.2, 0) is 12.8 Å². The van der Waals surface area contributed by atoms with Crippen molar-refractivity contribution in [2.45, 2.75) is 25.8 Å². The van der Waals surface area contributed by atoms with Gasteiger partial charge in [-0.1, -0.05) is 54.4 Å². The molecule has 2 aromatic rings. The number of halogens is 2. The maximum atomic E-state index is 6.32. The van der Waals surface area contributed by atoms with E-state index in [0.717, 1.165) is 12.0 Å². The first kappa shape index (κ1) is 14.4. The second-order valence-electron chi connectivity index (χ2n) is 4.60. The van der Waals surface area contributed by atoms with E-state index in [9.17, 15) is 0 Å². The second-order valence-corrected chi connectivity index (χ2v) is 5.44. The summed E-state index contributed by atoms with van der Waals surface area (Å²) in [7, 11) is 0. The number of hydrogen-bond acceptors (Lipinski definition) is 1. The summed E-state index contributed by atoms with van der Waals surface area (Å²) in [6.07, 6.45) is 1.67. The predicted octanol–water partition coefficient (Wildman–Crippen LogP) is 4.80. The average molecular weight is 294 g/mol. The van der Waals surface area contributed by atoms with Crippen molar-refractivity contribution in [1.82, 2.24) is 0 Å². The lowest BCUT2D eigenvalue weighted by Gasteiger charge is -2.16. The van der Waals surface area contributed by atoms with Crippen LogP contribution < -0.4 is 5.73 Å². The standard InChI is InChI=1S/C16H17Cl2N/c1-2-11-5-3-4-6-14(11)16(19)10-12-9-13(17)7-8-15(12)18/h3-9,16H,2,10,19H2,1H3. The fourth-order valence-corrected chi connectivity index (χ4v) is 2.65. The summed E-state index contributed by atoms with van der Waals surface area (Å²) in [5.41, 5.74) is 9.78. The van der Waals surface area contributed by atoms with Gasteiger partial charge in [0.15, 0.2) is 0 Å². The van der Waals surface area contributed by atoms with E-state index in [4.69, 9.17) is 28.9 Å². The minimum Gasteiger partial charge on any atom is -0.324 e. The van der Waals surface area contributed by atoms with Crippen molar-refractivity contribution in [1.29, 1.82) is 0 Å². The van der Waals surface area contributed by atoms with Gasteiger partial charge in [0, 0.05) is 16.1 Å². The molecule has 1 atom stereocenters. The summed E-state index contributed by atoms with van der Waals surface area (Å²) in [5, 5.41) is 1.41. The molecular weight excluding hydrogens is 277 g/mol. The highest BCUT2D eigenvalue weighted by Crippen LogP contribution is 2.26. The SMILES string of the molecule is CCc1ccccc1C(N)Cc1cc(Cl)ccc1Cl. The van der Waals surface area contributed by atoms with Crippen molar-refractivity contribution in [2.75, 3.05) is 0 Å². The van der Waals surface area contributed by atoms with Gasteiger partial charge >= 0.3 is 0 Å². The third-order valence-electron chi connectivity index (χ3n) is 3.28. The molecule has 2 rings (SSSR count). The molecule has 0 aliphatic heterocycles. The number of aryl methyl sites for hydroxylation is 1. The first-order valence-corrected chi connectivity index (χ1v) is 7.14. The van der Waals surface area contributed by atoms with E-state index in [0.29, 0.717) is 16.5 Å². The van der Waals surface area contributed by atoms with Gasteiger partial charge in [0.2, 0.25) is 0 Å². The van der Waals surface area contributed by atoms with Crippen LogP contribution in [0.5, 0.6) is 0 Å². The Balaban J connectivity index is 2.25. The van der Waals surface area contributed by atoms with Gasteiger partial charge in [-0.25, -0.2) is 0 Å². The molecular formula is C16H17Cl2N. The van der Waals surface area contributed by atoms with Crippen LogP contribution in [0.15, 0.2) is 42.5 Å². The number of rotatable bonds is 4. The van der Waals surface area contributed by atoms with Crippen LogP contribution in [0.25, 0.3) is 0 Å². The van der Waals surface area contributed by atoms with Crippen molar-refractivity contribution in [3.8, 4) is 0 Å². The summed E-state index contributed by atoms with van der Waals surface area (Å²) in [6.45, 7) is 2.14. The largest absolute Gasteiger partial charge is 0.324 e. The van der Waals surface area contributed by atoms with E-state index in [1.165, 1.54) is 11.1 Å². The van der Waals surface area contributed by atoms with Gasteiger partial charge in [-0.3, -0.25) is 0 Å². The molecule has 2 aromatic carbocycles. The molecule has 0 heterocycles. The lowest BCUT2D eigenvalue weighted by atomic mass is 9.94. The van der Waals surface area contributed by atoms with Crippen molar-refractivity contribution >= 4 is 23.2 Å². The number of benzene rings is 2. The molecule has 0 bridgehead atoms. The lowest BCUT2D eigenvalue weighted by Crippen LogP contribution is -2.15. The van der Waals surface area contributed by atoms with E-state index >= 15 is 0 Å². The minimum absolute atomic E-state index is 0.0629. The van der Waals surface area contributed by atoms with E-state index in [2.05, 4.69) is 19.1 Å². The van der Waals surface area contributed by atoms with Crippen molar-refractivity contribution in [3.63, 3.8) is 0 Å². The topological polar surface area (TPSA) is 26.0 Å². The Kier molecular flexibility index (Phi) is 4.87. The summed E-state index contributed by atoms with van der Waals surface area (Å²) in [5.74, 6) is 0. The predicted molar refractivity (Wildman–Crippen MR) is 82.9 cm³/mol. The Morgan fingerprint density at radius 2 is 1.79 bits per heavy atom. The summed E-state index contributed by atoms with van der Waals surface area (Å²) in [6, 6.07) is 13.7. The lowest BCUT2D eigenvalue weighted by molar-refractivity contribution is 0.712. The molecule has 1 nitrogen and oxygen atoms in total. The highest BCUT2D eigenvalue weighted by molar-refractivity contribution is 6.33. The van der Waals surface area contributed by atoms with Crippen molar-refractivity contribution in [3.05, 3.63) is 69.2 Å². The van der Waals surface area contributed by atoms with Gasteiger partial charge in [0.1, 0.15) is 0 Å². The normalized spacial score (nSPS) is 12.4. The molecule has 0 radical (unpaired) electrons. The molecule has 0 saturated carbocycles. The van der Waals surface area contributed by atoms with Crippen LogP contribution in [0, 0.1) is 0 Å². The zero-order valence-corrected chi connectivity index (χ0v) is 12.4. The quantitative estimate of drug-likeness (QED) is 0.861. The molecule has 0 fully saturated rings. The highest BCUT2D eigenvalue weighted by atomic mass is 35.5. The second kappa shape index (κ2) is 6.42. The average Bonchev–Trinajstić information content (AvgIpc) is 2.42. The third-order valence-corrected chi connectivity index (χ3v) is 3.89. The van der Waals surface area contributed by atoms with Crippen LogP contribution in [0.3, 0.4) is 0 Å². The van der Waals surface area contributed by atoms with E-state index in [-0.39, 0.29) is 6.04 Å². The maximum Gasteiger partial charge on any atom is 0.0439 e. The Bertz CT molecular complexity index is 566. The van der Waals surface area contributed by atoms with Gasteiger partial charge in [0.25, 0.3) is 0 Å². The molecule has 0 aliphatic rings. The Morgan fingerprint density at radius 1 is 1.05 bits per heavy atom. The minimum atomic E-state index is -0.0629. The van der Waals surface area contributed by atoms with Crippen molar-refractivity contribution in [2.24, 2.45) is 5.73 Å². The van der Waals surface area contributed by atoms with E-state index < -0.39 is 0 Å². The fourth-order valence-electron chi connectivity index (χ4n) is 2.26. The first-order valence-electron chi connectivity index (χ1n) is 6.39. The molecule has 0 aromatic heterocycles. The maximum absolute atomic E-state index is 6.32. The fraction of sp³-hybridized carbons (Fsp3) is 0.250. The van der Waals surface area contributed by atoms with Gasteiger partial charge in [0.05, 0.1) is 0 Å². The van der Waals surface area contributed by atoms with Gasteiger partial charge in [-0.15, -0.1) is 0 Å². The zero-order chi connectivity index (χ0) is 13.8. The van der Waals surface area contributed by atoms with E-state index in [1.807, 2.05) is 24.3 Å². The van der Waals surface area contributed by atoms with Crippen molar-refractivity contribution < 1.29 is 0 Å². The molecule has 0 aliphatic carbocycles. The zero-order valence-electron chi connectivity index (χ0n) is 10.9. The Labute approximate surface area is 124 Å². The molecule has 2 N–H and O–H groups in total. The summed E-state index contributed by atoms with van der Waals surface area (Å²) < 4.78 is 0. The highest BCUT2D eigenvalue weighted by Gasteiger charge is 2.12. The van der Waals surface area contributed by atoms with Gasteiger partial charge in [-0.2, -0.15) is 0 Å². The van der Waals surface area contributed by atoms with Crippen LogP contribution in [0.1, 0.15) is 29.7 Å². The van der Waals surface area contributed by atoms with Crippen LogP contribution >= 0.6 is 23.2 Å². The Hall–Kier alpha value is -1.02. The number of hydrogen-bond donors (Lipinski definition) is 1. The van der Waals surface area contributed by atoms with Gasteiger partial charge in [-0.05, 0) is 47.7 Å². The molecule has 0 saturated heterocycles. The van der Waals surface area contributed by atoms with Crippen LogP contribution in [0.2, 0.25) is 10.0 Å². The van der Waals surface area contributed by atoms with E-state index in [1.54, 1.807) is 6.07 Å². The first-order chi connectivity index (χ1) is 9.11. The summed E-state index contributed by atoms with van der Waals surface area (Å²) in [4.78, 5) is 0. The smallest absolute Gasteiger partial charge is 0.0439 e. The molecule has 19 heavy (non-hydrogen) atoms. The molecule has 0 amide bonds. The van der Waals surface area contributed by atoms with Crippen LogP contribution in [0.4, 0.5) is 0 Å². The Morgan fingerprint density at radius 3 is 2.53 bits per heavy atom. The van der Waals surface area contributed by atoms with Gasteiger partial charge < -0.3 is 5.73 Å². The molecule has 3 heteroatoms. The van der Waals surface area contributed by atoms with Crippen LogP contribution in [-0.4, -0.2) is 0 Å². The monoisotopic (exact) mass is 293 g/mol. The summed E-state index contributed by atoms with van der Waals surface area (Å²) >= 11 is 12.2. The third kappa shape index (κ3) is 3.50. The molecule has 1 unspecified atom stereocenters. The molecule has 0 spiro atoms. The number of nitrogens with two attached hydrogens (primary N) is 1. The molecule has 100 valence electrons.